The number of carbonyl (C=O) groups excluding carboxylic acids is 1. The molecule has 0 bridgehead atoms. The molecule has 188 valence electrons. The number of hydrogen-bond donors (Lipinski definition) is 3. The molecular formula is C25H35FN3NaO5. The number of carboxylic acids is 1. The van der Waals surface area contributed by atoms with E-state index >= 15 is 0 Å². The van der Waals surface area contributed by atoms with Gasteiger partial charge in [0.05, 0.1) is 24.3 Å². The number of likely N-dealkylation sites (tertiary alicyclic amines) is 1. The summed E-state index contributed by atoms with van der Waals surface area (Å²) in [5.41, 5.74) is 2.51. The number of nitrogens with zero attached hydrogens (tertiary/aromatic N) is 3. The van der Waals surface area contributed by atoms with Crippen molar-refractivity contribution in [2.45, 2.75) is 76.9 Å². The topological polar surface area (TPSA) is 116 Å². The number of carboxylic acid groups (broad SMARTS) is 1. The normalized spacial score (nSPS) is 15.5. The molecule has 1 aromatic heterocycles. The Labute approximate surface area is 227 Å². The predicted octanol–water partition coefficient (Wildman–Crippen LogP) is 2.63. The van der Waals surface area contributed by atoms with Crippen molar-refractivity contribution in [3.05, 3.63) is 47.0 Å². The number of aliphatic hydroxyl groups is 2. The summed E-state index contributed by atoms with van der Waals surface area (Å²) in [6.45, 7) is 5.34. The summed E-state index contributed by atoms with van der Waals surface area (Å²) >= 11 is 0. The molecule has 1 saturated heterocycles. The zero-order chi connectivity index (χ0) is 24.8. The first-order valence-corrected chi connectivity index (χ1v) is 11.9. The van der Waals surface area contributed by atoms with Gasteiger partial charge in [-0.05, 0) is 68.7 Å². The van der Waals surface area contributed by atoms with Gasteiger partial charge >= 0.3 is 35.5 Å². The molecule has 10 heteroatoms. The molecule has 2 aromatic rings. The molecule has 1 aromatic carbocycles. The number of amides is 1. The van der Waals surface area contributed by atoms with Crippen LogP contribution < -0.4 is 0 Å². The fourth-order valence-corrected chi connectivity index (χ4v) is 4.53. The first kappa shape index (κ1) is 29.5. The number of halogens is 1. The number of aromatic nitrogens is 2. The van der Waals surface area contributed by atoms with Gasteiger partial charge in [0.25, 0.3) is 5.91 Å². The Morgan fingerprint density at radius 3 is 2.26 bits per heavy atom. The maximum atomic E-state index is 13.6. The van der Waals surface area contributed by atoms with Crippen molar-refractivity contribution in [1.82, 2.24) is 14.7 Å². The molecule has 2 heterocycles. The molecule has 0 spiro atoms. The number of aliphatic carboxylic acids is 1. The number of piperidine rings is 1. The molecule has 8 nitrogen and oxygen atoms in total. The molecule has 0 radical (unpaired) electrons. The molecule has 1 aliphatic heterocycles. The van der Waals surface area contributed by atoms with Crippen LogP contribution >= 0.6 is 0 Å². The van der Waals surface area contributed by atoms with Crippen LogP contribution in [0.2, 0.25) is 0 Å². The van der Waals surface area contributed by atoms with Gasteiger partial charge in [0, 0.05) is 24.3 Å². The summed E-state index contributed by atoms with van der Waals surface area (Å²) < 4.78 is 15.2. The van der Waals surface area contributed by atoms with Gasteiger partial charge in [-0.3, -0.25) is 9.59 Å². The number of carbonyl (C=O) groups is 2. The van der Waals surface area contributed by atoms with Gasteiger partial charge < -0.3 is 20.2 Å². The average Bonchev–Trinajstić information content (AvgIpc) is 3.17. The second-order valence-corrected chi connectivity index (χ2v) is 9.28. The van der Waals surface area contributed by atoms with E-state index in [2.05, 4.69) is 5.10 Å². The summed E-state index contributed by atoms with van der Waals surface area (Å²) in [5, 5.41) is 33.8. The van der Waals surface area contributed by atoms with Crippen LogP contribution in [0.3, 0.4) is 0 Å². The second kappa shape index (κ2) is 13.5. The van der Waals surface area contributed by atoms with E-state index in [0.29, 0.717) is 30.9 Å². The van der Waals surface area contributed by atoms with Crippen LogP contribution in [-0.2, 0) is 11.2 Å². The van der Waals surface area contributed by atoms with Gasteiger partial charge in [-0.2, -0.15) is 5.10 Å². The molecule has 0 aliphatic carbocycles. The summed E-state index contributed by atoms with van der Waals surface area (Å²) in [6, 6.07) is 5.86. The van der Waals surface area contributed by atoms with Crippen molar-refractivity contribution < 1.29 is 29.3 Å². The van der Waals surface area contributed by atoms with E-state index in [1.807, 2.05) is 18.7 Å². The Hall–Kier alpha value is -1.78. The van der Waals surface area contributed by atoms with Crippen LogP contribution in [0.15, 0.2) is 24.3 Å². The van der Waals surface area contributed by atoms with Crippen LogP contribution in [-0.4, -0.2) is 96.7 Å². The van der Waals surface area contributed by atoms with E-state index in [-0.39, 0.29) is 60.0 Å². The standard InChI is InChI=1S/C25H34FN3O5.Na.H/c1-16(2)23-21(11-10-19(30)14-20(31)15-22(32)33)29(18-8-6-17(26)7-9-18)27-24(23)25(34)28-12-4-3-5-13-28;;/h6-9,16,19-20,30-31H,3-5,10-15H2,1-2H3,(H,32,33);;/t19-,20-;;/m1../s1. The summed E-state index contributed by atoms with van der Waals surface area (Å²) in [7, 11) is 0. The van der Waals surface area contributed by atoms with E-state index in [1.165, 1.54) is 12.1 Å². The Bertz CT molecular complexity index is 990. The van der Waals surface area contributed by atoms with Crippen molar-refractivity contribution in [3.63, 3.8) is 0 Å². The predicted molar refractivity (Wildman–Crippen MR) is 132 cm³/mol. The fraction of sp³-hybridized carbons (Fsp3) is 0.560. The zero-order valence-corrected chi connectivity index (χ0v) is 19.8. The SMILES string of the molecule is CC(C)c1c(C(=O)N2CCCCC2)nn(-c2ccc(F)cc2)c1CC[C@@H](O)C[C@@H](O)CC(=O)O.[NaH]. The van der Waals surface area contributed by atoms with Gasteiger partial charge in [0.2, 0.25) is 0 Å². The first-order valence-electron chi connectivity index (χ1n) is 11.9. The van der Waals surface area contributed by atoms with E-state index < -0.39 is 24.6 Å². The molecule has 2 atom stereocenters. The minimum absolute atomic E-state index is 0. The van der Waals surface area contributed by atoms with Crippen molar-refractivity contribution in [2.24, 2.45) is 0 Å². The molecule has 1 aliphatic rings. The van der Waals surface area contributed by atoms with Crippen molar-refractivity contribution in [1.29, 1.82) is 0 Å². The summed E-state index contributed by atoms with van der Waals surface area (Å²) in [6.07, 6.45) is 1.05. The van der Waals surface area contributed by atoms with Gasteiger partial charge in [0.1, 0.15) is 5.82 Å². The van der Waals surface area contributed by atoms with E-state index in [4.69, 9.17) is 5.11 Å². The third kappa shape index (κ3) is 7.85. The van der Waals surface area contributed by atoms with Gasteiger partial charge in [-0.25, -0.2) is 9.07 Å². The third-order valence-electron chi connectivity index (χ3n) is 6.18. The summed E-state index contributed by atoms with van der Waals surface area (Å²) in [5.74, 6) is -1.66. The molecule has 0 saturated carbocycles. The van der Waals surface area contributed by atoms with E-state index in [1.54, 1.807) is 16.8 Å². The molecule has 1 amide bonds. The molecule has 3 N–H and O–H groups in total. The van der Waals surface area contributed by atoms with Gasteiger partial charge in [0.15, 0.2) is 5.69 Å². The molecule has 3 rings (SSSR count). The third-order valence-corrected chi connectivity index (χ3v) is 6.18. The maximum absolute atomic E-state index is 13.6. The van der Waals surface area contributed by atoms with Gasteiger partial charge in [-0.15, -0.1) is 0 Å². The van der Waals surface area contributed by atoms with Crippen LogP contribution in [0.1, 0.15) is 80.0 Å². The monoisotopic (exact) mass is 499 g/mol. The molecule has 35 heavy (non-hydrogen) atoms. The number of rotatable bonds is 10. The molecular weight excluding hydrogens is 464 g/mol. The number of aliphatic hydroxyl groups excluding tert-OH is 2. The van der Waals surface area contributed by atoms with Crippen molar-refractivity contribution in [3.8, 4) is 5.69 Å². The minimum atomic E-state index is -1.14. The van der Waals surface area contributed by atoms with E-state index in [9.17, 15) is 24.2 Å². The quantitative estimate of drug-likeness (QED) is 0.433. The Balaban J connectivity index is 0.00000432. The van der Waals surface area contributed by atoms with Crippen LogP contribution in [0.4, 0.5) is 4.39 Å². The molecule has 0 unspecified atom stereocenters. The van der Waals surface area contributed by atoms with E-state index in [0.717, 1.165) is 30.5 Å². The Morgan fingerprint density at radius 1 is 1.06 bits per heavy atom. The number of hydrogen-bond acceptors (Lipinski definition) is 5. The fourth-order valence-electron chi connectivity index (χ4n) is 4.53. The number of benzene rings is 1. The Morgan fingerprint density at radius 2 is 1.69 bits per heavy atom. The van der Waals surface area contributed by atoms with Crippen molar-refractivity contribution >= 4 is 41.4 Å². The summed E-state index contributed by atoms with van der Waals surface area (Å²) in [4.78, 5) is 26.0. The van der Waals surface area contributed by atoms with Crippen molar-refractivity contribution in [2.75, 3.05) is 13.1 Å². The zero-order valence-electron chi connectivity index (χ0n) is 19.8. The van der Waals surface area contributed by atoms with Gasteiger partial charge in [-0.1, -0.05) is 13.8 Å². The Kier molecular flexibility index (Phi) is 11.4. The second-order valence-electron chi connectivity index (χ2n) is 9.28. The van der Waals surface area contributed by atoms with Crippen LogP contribution in [0.5, 0.6) is 0 Å². The molecule has 1 fully saturated rings. The van der Waals surface area contributed by atoms with Crippen LogP contribution in [0.25, 0.3) is 5.69 Å². The average molecular weight is 500 g/mol. The first-order chi connectivity index (χ1) is 16.2. The van der Waals surface area contributed by atoms with Crippen LogP contribution in [0, 0.1) is 5.82 Å².